The van der Waals surface area contributed by atoms with E-state index in [-0.39, 0.29) is 17.3 Å². The Morgan fingerprint density at radius 3 is 2.74 bits per heavy atom. The Kier molecular flexibility index (Phi) is 3.75. The minimum Gasteiger partial charge on any atom is -0.478 e. The van der Waals surface area contributed by atoms with E-state index >= 15 is 0 Å². The number of hydrogen-bond donors (Lipinski definition) is 2. The number of rotatable bonds is 4. The Hall–Kier alpha value is -2.43. The van der Waals surface area contributed by atoms with Crippen LogP contribution in [0.2, 0.25) is 0 Å². The average molecular weight is 260 g/mol. The fraction of sp³-hybridized carbons (Fsp3) is 0.143. The van der Waals surface area contributed by atoms with Crippen LogP contribution in [0.25, 0.3) is 0 Å². The second-order valence-electron chi connectivity index (χ2n) is 4.12. The van der Waals surface area contributed by atoms with Gasteiger partial charge in [0, 0.05) is 6.20 Å². The van der Waals surface area contributed by atoms with Crippen LogP contribution in [0.15, 0.2) is 42.6 Å². The second-order valence-corrected chi connectivity index (χ2v) is 4.12. The predicted molar refractivity (Wildman–Crippen MR) is 69.6 cm³/mol. The largest absolute Gasteiger partial charge is 0.478 e. The smallest absolute Gasteiger partial charge is 0.335 e. The van der Waals surface area contributed by atoms with Gasteiger partial charge >= 0.3 is 5.97 Å². The van der Waals surface area contributed by atoms with E-state index in [0.717, 1.165) is 11.8 Å². The number of anilines is 1. The van der Waals surface area contributed by atoms with E-state index in [2.05, 4.69) is 10.3 Å². The molecule has 1 aromatic heterocycles. The fourth-order valence-corrected chi connectivity index (χ4v) is 1.70. The number of aromatic carboxylic acids is 1. The summed E-state index contributed by atoms with van der Waals surface area (Å²) in [5.74, 6) is -1.74. The molecule has 4 nitrogen and oxygen atoms in total. The summed E-state index contributed by atoms with van der Waals surface area (Å²) >= 11 is 0. The molecule has 0 aliphatic carbocycles. The zero-order valence-electron chi connectivity index (χ0n) is 10.3. The van der Waals surface area contributed by atoms with Gasteiger partial charge in [0.05, 0.1) is 23.0 Å². The van der Waals surface area contributed by atoms with E-state index in [0.29, 0.717) is 0 Å². The maximum absolute atomic E-state index is 13.7. The number of aromatic nitrogens is 1. The van der Waals surface area contributed by atoms with Crippen molar-refractivity contribution in [2.45, 2.75) is 13.0 Å². The lowest BCUT2D eigenvalue weighted by molar-refractivity contribution is 0.0696. The maximum atomic E-state index is 13.7. The molecule has 2 N–H and O–H groups in total. The first-order valence-corrected chi connectivity index (χ1v) is 5.78. The molecule has 1 aromatic carbocycles. The van der Waals surface area contributed by atoms with Crippen molar-refractivity contribution in [1.82, 2.24) is 4.98 Å². The molecule has 0 saturated heterocycles. The van der Waals surface area contributed by atoms with Crippen LogP contribution in [-0.4, -0.2) is 16.1 Å². The Bertz CT molecular complexity index is 587. The Morgan fingerprint density at radius 2 is 2.16 bits per heavy atom. The SMILES string of the molecule is CC(Nc1ccc(C(=O)O)cc1F)c1ccccn1. The van der Waals surface area contributed by atoms with E-state index < -0.39 is 11.8 Å². The van der Waals surface area contributed by atoms with Gasteiger partial charge in [-0.15, -0.1) is 0 Å². The first kappa shape index (κ1) is 13.0. The molecule has 0 saturated carbocycles. The van der Waals surface area contributed by atoms with Crippen molar-refractivity contribution < 1.29 is 14.3 Å². The number of hydrogen-bond acceptors (Lipinski definition) is 3. The van der Waals surface area contributed by atoms with Crippen molar-refractivity contribution in [1.29, 1.82) is 0 Å². The summed E-state index contributed by atoms with van der Waals surface area (Å²) in [4.78, 5) is 14.9. The summed E-state index contributed by atoms with van der Waals surface area (Å²) in [6.45, 7) is 1.85. The first-order valence-electron chi connectivity index (χ1n) is 5.78. The number of carboxylic acid groups (broad SMARTS) is 1. The second kappa shape index (κ2) is 5.48. The summed E-state index contributed by atoms with van der Waals surface area (Å²) in [5.41, 5.74) is 0.959. The molecular weight excluding hydrogens is 247 g/mol. The molecule has 0 fully saturated rings. The van der Waals surface area contributed by atoms with Gasteiger partial charge in [-0.05, 0) is 37.3 Å². The van der Waals surface area contributed by atoms with E-state index in [4.69, 9.17) is 5.11 Å². The number of carbonyl (C=O) groups is 1. The lowest BCUT2D eigenvalue weighted by atomic mass is 10.1. The van der Waals surface area contributed by atoms with Crippen LogP contribution < -0.4 is 5.32 Å². The number of halogens is 1. The monoisotopic (exact) mass is 260 g/mol. The van der Waals surface area contributed by atoms with Gasteiger partial charge in [-0.3, -0.25) is 4.98 Å². The number of carboxylic acids is 1. The van der Waals surface area contributed by atoms with Crippen molar-refractivity contribution in [2.75, 3.05) is 5.32 Å². The molecule has 0 aliphatic heterocycles. The van der Waals surface area contributed by atoms with Gasteiger partial charge in [0.1, 0.15) is 5.82 Å². The van der Waals surface area contributed by atoms with E-state index in [1.54, 1.807) is 12.3 Å². The van der Waals surface area contributed by atoms with Crippen molar-refractivity contribution in [2.24, 2.45) is 0 Å². The lowest BCUT2D eigenvalue weighted by Crippen LogP contribution is -2.10. The molecule has 0 aliphatic rings. The third-order valence-corrected chi connectivity index (χ3v) is 2.72. The van der Waals surface area contributed by atoms with Gasteiger partial charge in [0.15, 0.2) is 0 Å². The highest BCUT2D eigenvalue weighted by Crippen LogP contribution is 2.21. The molecule has 19 heavy (non-hydrogen) atoms. The van der Waals surface area contributed by atoms with E-state index in [1.807, 2.05) is 19.1 Å². The summed E-state index contributed by atoms with van der Waals surface area (Å²) in [6, 6.07) is 9.09. The highest BCUT2D eigenvalue weighted by atomic mass is 19.1. The normalized spacial score (nSPS) is 11.9. The molecule has 0 spiro atoms. The first-order chi connectivity index (χ1) is 9.08. The topological polar surface area (TPSA) is 62.2 Å². The van der Waals surface area contributed by atoms with Crippen LogP contribution in [0.4, 0.5) is 10.1 Å². The Balaban J connectivity index is 2.18. The molecule has 1 atom stereocenters. The number of benzene rings is 1. The lowest BCUT2D eigenvalue weighted by Gasteiger charge is -2.15. The zero-order valence-corrected chi connectivity index (χ0v) is 10.3. The van der Waals surface area contributed by atoms with Gasteiger partial charge in [-0.2, -0.15) is 0 Å². The maximum Gasteiger partial charge on any atom is 0.335 e. The quantitative estimate of drug-likeness (QED) is 0.886. The number of nitrogens with zero attached hydrogens (tertiary/aromatic N) is 1. The van der Waals surface area contributed by atoms with E-state index in [9.17, 15) is 9.18 Å². The standard InChI is InChI=1S/C14H13FN2O2/c1-9(12-4-2-3-7-16-12)17-13-6-5-10(14(18)19)8-11(13)15/h2-9,17H,1H3,(H,18,19). The number of pyridine rings is 1. The van der Waals surface area contributed by atoms with Crippen LogP contribution in [0.3, 0.4) is 0 Å². The summed E-state index contributed by atoms with van der Waals surface area (Å²) in [5, 5.41) is 11.7. The van der Waals surface area contributed by atoms with Gasteiger partial charge < -0.3 is 10.4 Å². The molecule has 0 radical (unpaired) electrons. The third kappa shape index (κ3) is 3.07. The van der Waals surface area contributed by atoms with Crippen molar-refractivity contribution in [3.63, 3.8) is 0 Å². The van der Waals surface area contributed by atoms with Crippen molar-refractivity contribution in [3.8, 4) is 0 Å². The predicted octanol–water partition coefficient (Wildman–Crippen LogP) is 3.09. The molecule has 5 heteroatoms. The van der Waals surface area contributed by atoms with E-state index in [1.165, 1.54) is 12.1 Å². The summed E-state index contributed by atoms with van der Waals surface area (Å²) in [7, 11) is 0. The van der Waals surface area contributed by atoms with Crippen LogP contribution >= 0.6 is 0 Å². The van der Waals surface area contributed by atoms with Gasteiger partial charge in [0.2, 0.25) is 0 Å². The highest BCUT2D eigenvalue weighted by Gasteiger charge is 2.11. The Morgan fingerprint density at radius 1 is 1.37 bits per heavy atom. The molecule has 0 amide bonds. The molecule has 1 unspecified atom stereocenters. The zero-order chi connectivity index (χ0) is 13.8. The van der Waals surface area contributed by atoms with Gasteiger partial charge in [-0.25, -0.2) is 9.18 Å². The molecular formula is C14H13FN2O2. The van der Waals surface area contributed by atoms with Gasteiger partial charge in [0.25, 0.3) is 0 Å². The molecule has 0 bridgehead atoms. The molecule has 2 aromatic rings. The fourth-order valence-electron chi connectivity index (χ4n) is 1.70. The minimum atomic E-state index is -1.15. The highest BCUT2D eigenvalue weighted by molar-refractivity contribution is 5.88. The van der Waals surface area contributed by atoms with Crippen LogP contribution in [0.5, 0.6) is 0 Å². The molecule has 2 rings (SSSR count). The third-order valence-electron chi connectivity index (χ3n) is 2.72. The van der Waals surface area contributed by atoms with Crippen molar-refractivity contribution in [3.05, 3.63) is 59.7 Å². The summed E-state index contributed by atoms with van der Waals surface area (Å²) in [6.07, 6.45) is 1.66. The van der Waals surface area contributed by atoms with Crippen LogP contribution in [0, 0.1) is 5.82 Å². The molecule has 98 valence electrons. The van der Waals surface area contributed by atoms with Gasteiger partial charge in [-0.1, -0.05) is 6.07 Å². The minimum absolute atomic E-state index is 0.0754. The average Bonchev–Trinajstić information content (AvgIpc) is 2.41. The van der Waals surface area contributed by atoms with Crippen LogP contribution in [0.1, 0.15) is 29.0 Å². The summed E-state index contributed by atoms with van der Waals surface area (Å²) < 4.78 is 13.7. The molecule has 1 heterocycles. The Labute approximate surface area is 109 Å². The van der Waals surface area contributed by atoms with Crippen LogP contribution in [-0.2, 0) is 0 Å². The number of nitrogens with one attached hydrogen (secondary N) is 1. The van der Waals surface area contributed by atoms with Crippen molar-refractivity contribution >= 4 is 11.7 Å².